The zero-order chi connectivity index (χ0) is 15.7. The molecule has 1 aliphatic carbocycles. The molecule has 1 heterocycles. The first-order valence-electron chi connectivity index (χ1n) is 7.34. The van der Waals surface area contributed by atoms with Crippen molar-refractivity contribution >= 4 is 23.2 Å². The third kappa shape index (κ3) is 2.76. The second-order valence-electron chi connectivity index (χ2n) is 5.57. The SMILES string of the molecule is Cc1cccc(C(=O)NNC(=O)c2cc3c(s2)CCC3)c1C. The molecule has 4 nitrogen and oxygen atoms in total. The molecule has 0 bridgehead atoms. The van der Waals surface area contributed by atoms with Crippen LogP contribution in [-0.2, 0) is 12.8 Å². The van der Waals surface area contributed by atoms with Crippen LogP contribution in [0.15, 0.2) is 24.3 Å². The van der Waals surface area contributed by atoms with Crippen LogP contribution in [-0.4, -0.2) is 11.8 Å². The highest BCUT2D eigenvalue weighted by Crippen LogP contribution is 2.30. The van der Waals surface area contributed by atoms with Gasteiger partial charge in [-0.1, -0.05) is 12.1 Å². The van der Waals surface area contributed by atoms with E-state index in [9.17, 15) is 9.59 Å². The van der Waals surface area contributed by atoms with Gasteiger partial charge in [0.1, 0.15) is 0 Å². The Bertz CT molecular complexity index is 728. The van der Waals surface area contributed by atoms with E-state index >= 15 is 0 Å². The van der Waals surface area contributed by atoms with Crippen LogP contribution in [0.3, 0.4) is 0 Å². The number of fused-ring (bicyclic) bond motifs is 1. The van der Waals surface area contributed by atoms with E-state index in [0.717, 1.165) is 24.0 Å². The summed E-state index contributed by atoms with van der Waals surface area (Å²) in [6, 6.07) is 7.48. The number of amides is 2. The Morgan fingerprint density at radius 3 is 2.64 bits per heavy atom. The molecule has 0 fully saturated rings. The molecule has 0 aliphatic heterocycles. The van der Waals surface area contributed by atoms with Crippen molar-refractivity contribution in [2.24, 2.45) is 0 Å². The second-order valence-corrected chi connectivity index (χ2v) is 6.71. The lowest BCUT2D eigenvalue weighted by Crippen LogP contribution is -2.41. The first-order valence-corrected chi connectivity index (χ1v) is 8.16. The van der Waals surface area contributed by atoms with Gasteiger partial charge in [-0.15, -0.1) is 11.3 Å². The van der Waals surface area contributed by atoms with Gasteiger partial charge in [0, 0.05) is 10.4 Å². The number of thiophene rings is 1. The smallest absolute Gasteiger partial charge is 0.267 e. The summed E-state index contributed by atoms with van der Waals surface area (Å²) in [4.78, 5) is 26.2. The molecule has 0 saturated carbocycles. The lowest BCUT2D eigenvalue weighted by atomic mass is 10.0. The molecule has 0 spiro atoms. The maximum Gasteiger partial charge on any atom is 0.279 e. The summed E-state index contributed by atoms with van der Waals surface area (Å²) in [7, 11) is 0. The molecule has 0 radical (unpaired) electrons. The van der Waals surface area contributed by atoms with Crippen LogP contribution in [0.4, 0.5) is 0 Å². The van der Waals surface area contributed by atoms with Gasteiger partial charge in [0.25, 0.3) is 11.8 Å². The normalized spacial score (nSPS) is 12.8. The predicted octanol–water partition coefficient (Wildman–Crippen LogP) is 2.93. The van der Waals surface area contributed by atoms with E-state index < -0.39 is 0 Å². The van der Waals surface area contributed by atoms with Crippen molar-refractivity contribution in [2.45, 2.75) is 33.1 Å². The fourth-order valence-corrected chi connectivity index (χ4v) is 3.83. The van der Waals surface area contributed by atoms with Crippen molar-refractivity contribution in [3.05, 3.63) is 56.3 Å². The van der Waals surface area contributed by atoms with Crippen LogP contribution in [0.1, 0.15) is 48.0 Å². The van der Waals surface area contributed by atoms with Crippen molar-refractivity contribution in [1.29, 1.82) is 0 Å². The van der Waals surface area contributed by atoms with Crippen LogP contribution in [0.2, 0.25) is 0 Å². The quantitative estimate of drug-likeness (QED) is 0.837. The predicted molar refractivity (Wildman–Crippen MR) is 87.2 cm³/mol. The Labute approximate surface area is 133 Å². The van der Waals surface area contributed by atoms with Crippen LogP contribution >= 0.6 is 11.3 Å². The van der Waals surface area contributed by atoms with Gasteiger partial charge >= 0.3 is 0 Å². The zero-order valence-corrected chi connectivity index (χ0v) is 13.5. The molecule has 1 aromatic heterocycles. The molecule has 0 unspecified atom stereocenters. The maximum absolute atomic E-state index is 12.2. The van der Waals surface area contributed by atoms with Gasteiger partial charge in [0.05, 0.1) is 4.88 Å². The fraction of sp³-hybridized carbons (Fsp3) is 0.294. The van der Waals surface area contributed by atoms with E-state index in [4.69, 9.17) is 0 Å². The molecule has 114 valence electrons. The number of aryl methyl sites for hydroxylation is 3. The van der Waals surface area contributed by atoms with Crippen LogP contribution in [0.25, 0.3) is 0 Å². The lowest BCUT2D eigenvalue weighted by Gasteiger charge is -2.10. The number of hydrogen-bond donors (Lipinski definition) is 2. The molecule has 0 atom stereocenters. The molecule has 1 aliphatic rings. The van der Waals surface area contributed by atoms with Crippen LogP contribution in [0.5, 0.6) is 0 Å². The standard InChI is InChI=1S/C17H18N2O2S/c1-10-5-3-7-13(11(10)2)16(20)18-19-17(21)15-9-12-6-4-8-14(12)22-15/h3,5,7,9H,4,6,8H2,1-2H3,(H,18,20)(H,19,21). The highest BCUT2D eigenvalue weighted by atomic mass is 32.1. The van der Waals surface area contributed by atoms with E-state index in [1.54, 1.807) is 6.07 Å². The molecule has 5 heteroatoms. The summed E-state index contributed by atoms with van der Waals surface area (Å²) < 4.78 is 0. The van der Waals surface area contributed by atoms with Gasteiger partial charge in [-0.05, 0) is 61.9 Å². The Kier molecular flexibility index (Phi) is 3.98. The zero-order valence-electron chi connectivity index (χ0n) is 12.7. The molecular weight excluding hydrogens is 296 g/mol. The summed E-state index contributed by atoms with van der Waals surface area (Å²) in [6.45, 7) is 3.85. The third-order valence-electron chi connectivity index (χ3n) is 4.11. The Morgan fingerprint density at radius 2 is 1.86 bits per heavy atom. The number of hydrogen-bond acceptors (Lipinski definition) is 3. The van der Waals surface area contributed by atoms with Crippen molar-refractivity contribution in [1.82, 2.24) is 10.9 Å². The summed E-state index contributed by atoms with van der Waals surface area (Å²) in [5.41, 5.74) is 8.82. The number of carbonyl (C=O) groups is 2. The number of benzene rings is 1. The lowest BCUT2D eigenvalue weighted by molar-refractivity contribution is 0.0848. The first-order chi connectivity index (χ1) is 10.6. The second kappa shape index (κ2) is 5.93. The minimum absolute atomic E-state index is 0.252. The Balaban J connectivity index is 1.65. The molecule has 1 aromatic carbocycles. The topological polar surface area (TPSA) is 58.2 Å². The minimum atomic E-state index is -0.293. The first kappa shape index (κ1) is 14.8. The largest absolute Gasteiger partial charge is 0.279 e. The van der Waals surface area contributed by atoms with Gasteiger partial charge in [-0.25, -0.2) is 0 Å². The summed E-state index contributed by atoms with van der Waals surface area (Å²) in [5.74, 6) is -0.545. The summed E-state index contributed by atoms with van der Waals surface area (Å²) in [5, 5.41) is 0. The van der Waals surface area contributed by atoms with Crippen molar-refractivity contribution in [3.63, 3.8) is 0 Å². The average Bonchev–Trinajstić information content (AvgIpc) is 3.08. The highest BCUT2D eigenvalue weighted by Gasteiger charge is 2.19. The van der Waals surface area contributed by atoms with Crippen molar-refractivity contribution < 1.29 is 9.59 Å². The molecule has 22 heavy (non-hydrogen) atoms. The van der Waals surface area contributed by atoms with E-state index in [1.165, 1.54) is 28.2 Å². The third-order valence-corrected chi connectivity index (χ3v) is 5.35. The van der Waals surface area contributed by atoms with Gasteiger partial charge < -0.3 is 0 Å². The summed E-state index contributed by atoms with van der Waals surface area (Å²) >= 11 is 1.52. The van der Waals surface area contributed by atoms with Gasteiger partial charge in [-0.2, -0.15) is 0 Å². The maximum atomic E-state index is 12.2. The fourth-order valence-electron chi connectivity index (χ4n) is 2.68. The number of rotatable bonds is 2. The molecule has 2 amide bonds. The number of carbonyl (C=O) groups excluding carboxylic acids is 2. The molecular formula is C17H18N2O2S. The molecule has 2 N–H and O–H groups in total. The summed E-state index contributed by atoms with van der Waals surface area (Å²) in [6.07, 6.45) is 3.28. The Hall–Kier alpha value is -2.14. The van der Waals surface area contributed by atoms with E-state index in [2.05, 4.69) is 10.9 Å². The molecule has 0 saturated heterocycles. The number of hydrazine groups is 1. The van der Waals surface area contributed by atoms with E-state index in [-0.39, 0.29) is 11.8 Å². The van der Waals surface area contributed by atoms with E-state index in [0.29, 0.717) is 10.4 Å². The van der Waals surface area contributed by atoms with Gasteiger partial charge in [0.15, 0.2) is 0 Å². The number of nitrogens with one attached hydrogen (secondary N) is 2. The van der Waals surface area contributed by atoms with Crippen molar-refractivity contribution in [2.75, 3.05) is 0 Å². The minimum Gasteiger partial charge on any atom is -0.267 e. The van der Waals surface area contributed by atoms with Crippen LogP contribution < -0.4 is 10.9 Å². The van der Waals surface area contributed by atoms with Gasteiger partial charge in [-0.3, -0.25) is 20.4 Å². The van der Waals surface area contributed by atoms with Gasteiger partial charge in [0.2, 0.25) is 0 Å². The monoisotopic (exact) mass is 314 g/mol. The van der Waals surface area contributed by atoms with Crippen LogP contribution in [0, 0.1) is 13.8 Å². The van der Waals surface area contributed by atoms with Crippen molar-refractivity contribution in [3.8, 4) is 0 Å². The highest BCUT2D eigenvalue weighted by molar-refractivity contribution is 7.14. The molecule has 2 aromatic rings. The molecule has 3 rings (SSSR count). The Morgan fingerprint density at radius 1 is 1.09 bits per heavy atom. The average molecular weight is 314 g/mol. The van der Waals surface area contributed by atoms with E-state index in [1.807, 2.05) is 32.0 Å².